The molecule has 29 heavy (non-hydrogen) atoms. The second-order valence-corrected chi connectivity index (χ2v) is 7.77. The van der Waals surface area contributed by atoms with Crippen LogP contribution < -0.4 is 10.7 Å². The van der Waals surface area contributed by atoms with Crippen molar-refractivity contribution in [2.45, 2.75) is 46.5 Å². The first-order chi connectivity index (χ1) is 13.8. The maximum absolute atomic E-state index is 13.1. The van der Waals surface area contributed by atoms with Crippen LogP contribution in [0.5, 0.6) is 0 Å². The Morgan fingerprint density at radius 1 is 1.31 bits per heavy atom. The van der Waals surface area contributed by atoms with Gasteiger partial charge in [0.1, 0.15) is 5.82 Å². The Bertz CT molecular complexity index is 810. The van der Waals surface area contributed by atoms with Crippen molar-refractivity contribution in [1.29, 1.82) is 0 Å². The molecule has 2 amide bonds. The number of hydrazone groups is 1. The summed E-state index contributed by atoms with van der Waals surface area (Å²) in [6.45, 7) is 6.21. The Hall–Kier alpha value is -2.76. The highest BCUT2D eigenvalue weighted by Crippen LogP contribution is 2.30. The Balaban J connectivity index is 1.73. The lowest BCUT2D eigenvalue weighted by atomic mass is 9.80. The summed E-state index contributed by atoms with van der Waals surface area (Å²) in [6.07, 6.45) is 10.5. The SMILES string of the molecule is CC(C)=CCCC1=CCC(C=NNC(=O)CNC(=O)c2cccc(F)c2)C(C)C1. The number of hydrogen-bond acceptors (Lipinski definition) is 3. The Kier molecular flexibility index (Phi) is 8.77. The van der Waals surface area contributed by atoms with Crippen molar-refractivity contribution in [3.05, 3.63) is 58.9 Å². The molecule has 0 fully saturated rings. The molecule has 0 heterocycles. The van der Waals surface area contributed by atoms with E-state index in [1.54, 1.807) is 6.21 Å². The summed E-state index contributed by atoms with van der Waals surface area (Å²) in [6, 6.07) is 5.31. The van der Waals surface area contributed by atoms with Gasteiger partial charge in [0, 0.05) is 17.7 Å². The molecular formula is C23H30FN3O2. The molecule has 2 atom stereocenters. The van der Waals surface area contributed by atoms with Gasteiger partial charge in [0.15, 0.2) is 0 Å². The fourth-order valence-electron chi connectivity index (χ4n) is 3.28. The Morgan fingerprint density at radius 2 is 2.10 bits per heavy atom. The van der Waals surface area contributed by atoms with Crippen molar-refractivity contribution < 1.29 is 14.0 Å². The summed E-state index contributed by atoms with van der Waals surface area (Å²) >= 11 is 0. The quantitative estimate of drug-likeness (QED) is 0.387. The van der Waals surface area contributed by atoms with Crippen molar-refractivity contribution in [2.75, 3.05) is 6.54 Å². The zero-order chi connectivity index (χ0) is 21.2. The van der Waals surface area contributed by atoms with E-state index in [4.69, 9.17) is 0 Å². The van der Waals surface area contributed by atoms with Gasteiger partial charge in [-0.2, -0.15) is 5.10 Å². The second-order valence-electron chi connectivity index (χ2n) is 7.77. The van der Waals surface area contributed by atoms with Gasteiger partial charge < -0.3 is 5.32 Å². The van der Waals surface area contributed by atoms with E-state index in [-0.39, 0.29) is 18.0 Å². The summed E-state index contributed by atoms with van der Waals surface area (Å²) in [5, 5.41) is 6.50. The molecule has 1 aromatic rings. The molecule has 5 nitrogen and oxygen atoms in total. The highest BCUT2D eigenvalue weighted by Gasteiger charge is 2.20. The summed E-state index contributed by atoms with van der Waals surface area (Å²) < 4.78 is 13.1. The van der Waals surface area contributed by atoms with Gasteiger partial charge in [-0.15, -0.1) is 0 Å². The van der Waals surface area contributed by atoms with Crippen molar-refractivity contribution in [2.24, 2.45) is 16.9 Å². The topological polar surface area (TPSA) is 70.6 Å². The molecular weight excluding hydrogens is 369 g/mol. The largest absolute Gasteiger partial charge is 0.343 e. The van der Waals surface area contributed by atoms with Crippen LogP contribution in [0.25, 0.3) is 0 Å². The monoisotopic (exact) mass is 399 g/mol. The minimum absolute atomic E-state index is 0.171. The first-order valence-electron chi connectivity index (χ1n) is 10.0. The molecule has 0 radical (unpaired) electrons. The zero-order valence-electron chi connectivity index (χ0n) is 17.4. The average Bonchev–Trinajstić information content (AvgIpc) is 2.67. The maximum Gasteiger partial charge on any atom is 0.259 e. The lowest BCUT2D eigenvalue weighted by Gasteiger charge is -2.25. The van der Waals surface area contributed by atoms with Crippen molar-refractivity contribution >= 4 is 18.0 Å². The molecule has 0 saturated carbocycles. The fraction of sp³-hybridized carbons (Fsp3) is 0.435. The minimum Gasteiger partial charge on any atom is -0.343 e. The predicted octanol–water partition coefficient (Wildman–Crippen LogP) is 4.38. The van der Waals surface area contributed by atoms with E-state index in [1.807, 2.05) is 0 Å². The van der Waals surface area contributed by atoms with E-state index in [2.05, 4.69) is 48.8 Å². The van der Waals surface area contributed by atoms with E-state index in [1.165, 1.54) is 29.3 Å². The third kappa shape index (κ3) is 8.02. The molecule has 2 rings (SSSR count). The van der Waals surface area contributed by atoms with E-state index in [0.717, 1.165) is 31.7 Å². The molecule has 156 valence electrons. The number of nitrogens with zero attached hydrogens (tertiary/aromatic N) is 1. The van der Waals surface area contributed by atoms with Crippen LogP contribution in [0.4, 0.5) is 4.39 Å². The number of nitrogens with one attached hydrogen (secondary N) is 2. The number of carbonyl (C=O) groups is 2. The van der Waals surface area contributed by atoms with Gasteiger partial charge in [0.2, 0.25) is 0 Å². The third-order valence-corrected chi connectivity index (χ3v) is 4.96. The molecule has 1 aliphatic carbocycles. The number of carbonyl (C=O) groups excluding carboxylic acids is 2. The molecule has 2 unspecified atom stereocenters. The van der Waals surface area contributed by atoms with Crippen LogP contribution in [0, 0.1) is 17.7 Å². The Labute approximate surface area is 172 Å². The van der Waals surface area contributed by atoms with Crippen molar-refractivity contribution in [3.8, 4) is 0 Å². The smallest absolute Gasteiger partial charge is 0.259 e. The van der Waals surface area contributed by atoms with Gasteiger partial charge in [-0.05, 0) is 63.6 Å². The molecule has 0 aliphatic heterocycles. The van der Waals surface area contributed by atoms with E-state index in [0.29, 0.717) is 5.92 Å². The minimum atomic E-state index is -0.504. The number of rotatable bonds is 8. The van der Waals surface area contributed by atoms with Gasteiger partial charge in [-0.3, -0.25) is 9.59 Å². The van der Waals surface area contributed by atoms with Crippen LogP contribution >= 0.6 is 0 Å². The molecule has 1 aromatic carbocycles. The summed E-state index contributed by atoms with van der Waals surface area (Å²) in [7, 11) is 0. The highest BCUT2D eigenvalue weighted by molar-refractivity contribution is 5.96. The van der Waals surface area contributed by atoms with Gasteiger partial charge in [-0.1, -0.05) is 36.3 Å². The highest BCUT2D eigenvalue weighted by atomic mass is 19.1. The van der Waals surface area contributed by atoms with Gasteiger partial charge in [0.25, 0.3) is 11.8 Å². The van der Waals surface area contributed by atoms with Crippen LogP contribution in [-0.2, 0) is 4.79 Å². The third-order valence-electron chi connectivity index (χ3n) is 4.96. The van der Waals surface area contributed by atoms with Crippen LogP contribution in [-0.4, -0.2) is 24.6 Å². The number of halogens is 1. The molecule has 2 N–H and O–H groups in total. The lowest BCUT2D eigenvalue weighted by molar-refractivity contribution is -0.120. The molecule has 0 saturated heterocycles. The van der Waals surface area contributed by atoms with E-state index < -0.39 is 17.6 Å². The van der Waals surface area contributed by atoms with Crippen molar-refractivity contribution in [3.63, 3.8) is 0 Å². The first-order valence-corrected chi connectivity index (χ1v) is 10.0. The van der Waals surface area contributed by atoms with E-state index in [9.17, 15) is 14.0 Å². The van der Waals surface area contributed by atoms with Crippen LogP contribution in [0.15, 0.2) is 52.7 Å². The summed E-state index contributed by atoms with van der Waals surface area (Å²) in [5.41, 5.74) is 5.45. The maximum atomic E-state index is 13.1. The molecule has 0 bridgehead atoms. The number of allylic oxidation sites excluding steroid dienone is 4. The van der Waals surface area contributed by atoms with Crippen LogP contribution in [0.1, 0.15) is 56.8 Å². The summed E-state index contributed by atoms with van der Waals surface area (Å²) in [5.74, 6) is -0.676. The predicted molar refractivity (Wildman–Crippen MR) is 114 cm³/mol. The number of benzene rings is 1. The lowest BCUT2D eigenvalue weighted by Crippen LogP contribution is -2.35. The Morgan fingerprint density at radius 3 is 2.79 bits per heavy atom. The van der Waals surface area contributed by atoms with Gasteiger partial charge >= 0.3 is 0 Å². The van der Waals surface area contributed by atoms with E-state index >= 15 is 0 Å². The molecule has 0 aromatic heterocycles. The first kappa shape index (κ1) is 22.5. The average molecular weight is 400 g/mol. The normalized spacial score (nSPS) is 18.8. The van der Waals surface area contributed by atoms with Gasteiger partial charge in [0.05, 0.1) is 6.54 Å². The molecule has 0 spiro atoms. The molecule has 1 aliphatic rings. The number of amides is 2. The molecule has 6 heteroatoms. The van der Waals surface area contributed by atoms with Crippen LogP contribution in [0.2, 0.25) is 0 Å². The number of hydrogen-bond donors (Lipinski definition) is 2. The van der Waals surface area contributed by atoms with Crippen molar-refractivity contribution in [1.82, 2.24) is 10.7 Å². The summed E-state index contributed by atoms with van der Waals surface area (Å²) in [4.78, 5) is 23.8. The zero-order valence-corrected chi connectivity index (χ0v) is 17.4. The van der Waals surface area contributed by atoms with Crippen LogP contribution in [0.3, 0.4) is 0 Å². The second kappa shape index (κ2) is 11.3. The van der Waals surface area contributed by atoms with Gasteiger partial charge in [-0.25, -0.2) is 9.82 Å². The fourth-order valence-corrected chi connectivity index (χ4v) is 3.28. The standard InChI is InChI=1S/C23H30FN3O2/c1-16(2)6-4-7-18-10-11-20(17(3)12-18)14-26-27-22(28)15-25-23(29)19-8-5-9-21(24)13-19/h5-6,8-10,13-14,17,20H,4,7,11-12,15H2,1-3H3,(H,25,29)(H,27,28).